The summed E-state index contributed by atoms with van der Waals surface area (Å²) in [6.45, 7) is 2.42. The van der Waals surface area contributed by atoms with E-state index in [9.17, 15) is 14.4 Å². The molecule has 1 aromatic rings. The number of anilines is 1. The molecular formula is C20H24N4O4. The first kappa shape index (κ1) is 21.0. The maximum atomic E-state index is 12.6. The molecule has 0 radical (unpaired) electrons. The van der Waals surface area contributed by atoms with Crippen LogP contribution in [0.15, 0.2) is 24.3 Å². The summed E-state index contributed by atoms with van der Waals surface area (Å²) < 4.78 is 4.82. The zero-order valence-corrected chi connectivity index (χ0v) is 15.7. The van der Waals surface area contributed by atoms with Crippen LogP contribution in [-0.4, -0.2) is 42.8 Å². The number of amidine groups is 1. The van der Waals surface area contributed by atoms with Crippen LogP contribution in [0, 0.1) is 23.7 Å². The van der Waals surface area contributed by atoms with Crippen LogP contribution in [0.4, 0.5) is 5.69 Å². The van der Waals surface area contributed by atoms with Crippen LogP contribution in [0.5, 0.6) is 0 Å². The molecule has 4 N–H and O–H groups in total. The van der Waals surface area contributed by atoms with Gasteiger partial charge in [-0.1, -0.05) is 5.92 Å². The standard InChI is InChI=1S/C20H24N4O4/c1-3-15(12-18(26)28-4-2)23-17(25)11-14-9-10-24(20(14)27)16-7-5-13(6-8-16)19(21)22/h1,5-8,14-15H,4,9-12H2,2H3,(H3,21,22)(H,23,25)/t14-,15?/m0/s1. The molecule has 0 spiro atoms. The van der Waals surface area contributed by atoms with Crippen molar-refractivity contribution in [3.8, 4) is 12.3 Å². The van der Waals surface area contributed by atoms with Crippen molar-refractivity contribution in [2.24, 2.45) is 11.7 Å². The Morgan fingerprint density at radius 3 is 2.68 bits per heavy atom. The molecule has 1 aliphatic heterocycles. The Hall–Kier alpha value is -3.34. The lowest BCUT2D eigenvalue weighted by Crippen LogP contribution is -2.37. The Kier molecular flexibility index (Phi) is 7.15. The number of hydrogen-bond acceptors (Lipinski definition) is 5. The number of nitrogens with one attached hydrogen (secondary N) is 2. The average molecular weight is 384 g/mol. The molecule has 28 heavy (non-hydrogen) atoms. The van der Waals surface area contributed by atoms with E-state index in [1.807, 2.05) is 0 Å². The van der Waals surface area contributed by atoms with Crippen LogP contribution in [0.3, 0.4) is 0 Å². The Bertz CT molecular complexity index is 797. The van der Waals surface area contributed by atoms with Crippen LogP contribution >= 0.6 is 0 Å². The van der Waals surface area contributed by atoms with Gasteiger partial charge in [-0.25, -0.2) is 0 Å². The summed E-state index contributed by atoms with van der Waals surface area (Å²) in [5.74, 6) is 0.855. The number of carbonyl (C=O) groups is 3. The molecule has 1 aliphatic rings. The Morgan fingerprint density at radius 1 is 1.43 bits per heavy atom. The highest BCUT2D eigenvalue weighted by Gasteiger charge is 2.34. The van der Waals surface area contributed by atoms with Crippen LogP contribution in [0.1, 0.15) is 31.7 Å². The second-order valence-electron chi connectivity index (χ2n) is 6.44. The number of rotatable bonds is 8. The number of amides is 2. The fraction of sp³-hybridized carbons (Fsp3) is 0.400. The highest BCUT2D eigenvalue weighted by Crippen LogP contribution is 2.27. The third-order valence-electron chi connectivity index (χ3n) is 4.45. The van der Waals surface area contributed by atoms with Gasteiger partial charge in [-0.05, 0) is 37.6 Å². The fourth-order valence-corrected chi connectivity index (χ4v) is 3.02. The quantitative estimate of drug-likeness (QED) is 0.264. The van der Waals surface area contributed by atoms with E-state index < -0.39 is 17.9 Å². The smallest absolute Gasteiger partial charge is 0.308 e. The van der Waals surface area contributed by atoms with Crippen molar-refractivity contribution >= 4 is 29.3 Å². The summed E-state index contributed by atoms with van der Waals surface area (Å²) in [5, 5.41) is 10.0. The number of nitrogens with two attached hydrogens (primary N) is 1. The number of terminal acetylenes is 1. The van der Waals surface area contributed by atoms with E-state index in [4.69, 9.17) is 22.3 Å². The number of esters is 1. The Labute approximate surface area is 163 Å². The molecule has 0 aliphatic carbocycles. The number of benzene rings is 1. The van der Waals surface area contributed by atoms with Crippen molar-refractivity contribution in [1.82, 2.24) is 5.32 Å². The minimum Gasteiger partial charge on any atom is -0.466 e. The average Bonchev–Trinajstić information content (AvgIpc) is 3.01. The Balaban J connectivity index is 1.92. The summed E-state index contributed by atoms with van der Waals surface area (Å²) in [6.07, 6.45) is 5.80. The van der Waals surface area contributed by atoms with Gasteiger partial charge in [-0.15, -0.1) is 6.42 Å². The molecule has 1 fully saturated rings. The molecule has 2 amide bonds. The van der Waals surface area contributed by atoms with Gasteiger partial charge >= 0.3 is 5.97 Å². The third-order valence-corrected chi connectivity index (χ3v) is 4.45. The summed E-state index contributed by atoms with van der Waals surface area (Å²) in [5.41, 5.74) is 6.71. The lowest BCUT2D eigenvalue weighted by atomic mass is 10.0. The van der Waals surface area contributed by atoms with Crippen LogP contribution < -0.4 is 16.0 Å². The first-order chi connectivity index (χ1) is 13.3. The number of carbonyl (C=O) groups excluding carboxylic acids is 3. The number of nitrogens with zero attached hydrogens (tertiary/aromatic N) is 1. The maximum absolute atomic E-state index is 12.6. The SMILES string of the molecule is C#CC(CC(=O)OCC)NC(=O)C[C@@H]1CCN(c2ccc(C(=N)N)cc2)C1=O. The van der Waals surface area contributed by atoms with E-state index in [0.29, 0.717) is 24.2 Å². The van der Waals surface area contributed by atoms with Crippen molar-refractivity contribution < 1.29 is 19.1 Å². The maximum Gasteiger partial charge on any atom is 0.308 e. The molecule has 0 aromatic heterocycles. The van der Waals surface area contributed by atoms with E-state index in [2.05, 4.69) is 11.2 Å². The van der Waals surface area contributed by atoms with Gasteiger partial charge in [-0.3, -0.25) is 19.8 Å². The van der Waals surface area contributed by atoms with Crippen LogP contribution in [0.25, 0.3) is 0 Å². The van der Waals surface area contributed by atoms with Gasteiger partial charge < -0.3 is 20.7 Å². The lowest BCUT2D eigenvalue weighted by molar-refractivity contribution is -0.143. The first-order valence-corrected chi connectivity index (χ1v) is 9.02. The molecule has 8 heteroatoms. The predicted octanol–water partition coefficient (Wildman–Crippen LogP) is 0.785. The van der Waals surface area contributed by atoms with E-state index in [0.717, 1.165) is 0 Å². The summed E-state index contributed by atoms with van der Waals surface area (Å²) >= 11 is 0. The summed E-state index contributed by atoms with van der Waals surface area (Å²) in [4.78, 5) is 38.0. The van der Waals surface area contributed by atoms with Crippen molar-refractivity contribution in [1.29, 1.82) is 5.41 Å². The van der Waals surface area contributed by atoms with Crippen molar-refractivity contribution in [3.05, 3.63) is 29.8 Å². The molecule has 0 saturated carbocycles. The lowest BCUT2D eigenvalue weighted by Gasteiger charge is -2.18. The zero-order valence-electron chi connectivity index (χ0n) is 15.7. The van der Waals surface area contributed by atoms with Gasteiger partial charge in [-0.2, -0.15) is 0 Å². The fourth-order valence-electron chi connectivity index (χ4n) is 3.02. The molecule has 1 unspecified atom stereocenters. The molecule has 1 aromatic carbocycles. The first-order valence-electron chi connectivity index (χ1n) is 9.02. The number of ether oxygens (including phenoxy) is 1. The monoisotopic (exact) mass is 384 g/mol. The normalized spacial score (nSPS) is 16.9. The van der Waals surface area contributed by atoms with E-state index >= 15 is 0 Å². The highest BCUT2D eigenvalue weighted by atomic mass is 16.5. The van der Waals surface area contributed by atoms with Crippen LogP contribution in [0.2, 0.25) is 0 Å². The van der Waals surface area contributed by atoms with Crippen molar-refractivity contribution in [2.75, 3.05) is 18.1 Å². The van der Waals surface area contributed by atoms with Gasteiger partial charge in [0.05, 0.1) is 13.0 Å². The molecule has 8 nitrogen and oxygen atoms in total. The largest absolute Gasteiger partial charge is 0.466 e. The van der Waals surface area contributed by atoms with Gasteiger partial charge in [0, 0.05) is 30.1 Å². The van der Waals surface area contributed by atoms with Crippen LogP contribution in [-0.2, 0) is 19.1 Å². The second-order valence-corrected chi connectivity index (χ2v) is 6.44. The van der Waals surface area contributed by atoms with E-state index in [1.165, 1.54) is 0 Å². The Morgan fingerprint density at radius 2 is 2.11 bits per heavy atom. The van der Waals surface area contributed by atoms with Crippen molar-refractivity contribution in [3.63, 3.8) is 0 Å². The minimum atomic E-state index is -0.765. The predicted molar refractivity (Wildman–Crippen MR) is 105 cm³/mol. The second kappa shape index (κ2) is 9.55. The van der Waals surface area contributed by atoms with Crippen molar-refractivity contribution in [2.45, 2.75) is 32.2 Å². The molecule has 0 bridgehead atoms. The minimum absolute atomic E-state index is 0.00185. The summed E-state index contributed by atoms with van der Waals surface area (Å²) in [7, 11) is 0. The summed E-state index contributed by atoms with van der Waals surface area (Å²) in [6, 6.07) is 6.05. The molecule has 1 heterocycles. The molecule has 2 atom stereocenters. The van der Waals surface area contributed by atoms with Gasteiger partial charge in [0.2, 0.25) is 11.8 Å². The number of hydrogen-bond donors (Lipinski definition) is 3. The van der Waals surface area contributed by atoms with Gasteiger partial charge in [0.1, 0.15) is 11.9 Å². The molecule has 1 saturated heterocycles. The number of nitrogen functional groups attached to an aromatic ring is 1. The topological polar surface area (TPSA) is 126 Å². The van der Waals surface area contributed by atoms with Gasteiger partial charge in [0.25, 0.3) is 0 Å². The highest BCUT2D eigenvalue weighted by molar-refractivity contribution is 6.00. The van der Waals surface area contributed by atoms with E-state index in [1.54, 1.807) is 36.1 Å². The van der Waals surface area contributed by atoms with Gasteiger partial charge in [0.15, 0.2) is 0 Å². The molecular weight excluding hydrogens is 360 g/mol. The molecule has 2 rings (SSSR count). The third kappa shape index (κ3) is 5.33. The zero-order chi connectivity index (χ0) is 20.7. The van der Waals surface area contributed by atoms with E-state index in [-0.39, 0.29) is 37.1 Å². The molecule has 148 valence electrons.